The van der Waals surface area contributed by atoms with Crippen molar-refractivity contribution in [2.75, 3.05) is 13.1 Å². The molecule has 0 fully saturated rings. The van der Waals surface area contributed by atoms with Gasteiger partial charge in [0, 0.05) is 18.7 Å². The van der Waals surface area contributed by atoms with Gasteiger partial charge in [0.25, 0.3) is 11.8 Å². The minimum absolute atomic E-state index is 0.289. The molecule has 1 heterocycles. The Kier molecular flexibility index (Phi) is 7.95. The first kappa shape index (κ1) is 22.1. The first-order valence-corrected chi connectivity index (χ1v) is 8.58. The van der Waals surface area contributed by atoms with Gasteiger partial charge in [0.1, 0.15) is 18.2 Å². The van der Waals surface area contributed by atoms with Crippen LogP contribution in [0.2, 0.25) is 0 Å². The number of rotatable bonds is 9. The molecule has 0 aromatic carbocycles. The summed E-state index contributed by atoms with van der Waals surface area (Å²) >= 11 is 0. The molecule has 1 rings (SSSR count). The number of nitrogens with two attached hydrogens (primary N) is 1. The molecule has 0 saturated carbocycles. The highest BCUT2D eigenvalue weighted by atomic mass is 16.6. The van der Waals surface area contributed by atoms with Gasteiger partial charge < -0.3 is 21.1 Å². The number of hydrogen-bond acceptors (Lipinski definition) is 6. The number of primary amides is 1. The highest BCUT2D eigenvalue weighted by Crippen LogP contribution is 2.08. The van der Waals surface area contributed by atoms with Crippen LogP contribution in [0.15, 0.2) is 12.2 Å². The molecular weight excluding hydrogens is 356 g/mol. The van der Waals surface area contributed by atoms with E-state index in [1.165, 1.54) is 0 Å². The van der Waals surface area contributed by atoms with Crippen molar-refractivity contribution in [1.29, 1.82) is 0 Å². The summed E-state index contributed by atoms with van der Waals surface area (Å²) in [6.45, 7) is 5.06. The SMILES string of the molecule is CC(C)(C)OC(=O)NC(CCCCNC(=O)CN1C(=O)C=CC1=O)C(N)=O. The molecular formula is C17H26N4O6. The molecule has 0 saturated heterocycles. The molecule has 5 amide bonds. The molecule has 1 unspecified atom stereocenters. The zero-order valence-corrected chi connectivity index (χ0v) is 15.7. The van der Waals surface area contributed by atoms with Crippen molar-refractivity contribution in [3.8, 4) is 0 Å². The molecule has 0 spiro atoms. The quantitative estimate of drug-likeness (QED) is 0.364. The number of alkyl carbamates (subject to hydrolysis) is 1. The summed E-state index contributed by atoms with van der Waals surface area (Å²) in [4.78, 5) is 58.4. The van der Waals surface area contributed by atoms with Gasteiger partial charge in [-0.2, -0.15) is 0 Å². The number of hydrogen-bond donors (Lipinski definition) is 3. The minimum Gasteiger partial charge on any atom is -0.444 e. The van der Waals surface area contributed by atoms with E-state index in [9.17, 15) is 24.0 Å². The lowest BCUT2D eigenvalue weighted by molar-refractivity contribution is -0.141. The summed E-state index contributed by atoms with van der Waals surface area (Å²) in [5, 5.41) is 5.00. The fourth-order valence-electron chi connectivity index (χ4n) is 2.22. The molecule has 0 aromatic rings. The summed E-state index contributed by atoms with van der Waals surface area (Å²) < 4.78 is 5.08. The lowest BCUT2D eigenvalue weighted by atomic mass is 10.1. The van der Waals surface area contributed by atoms with Crippen LogP contribution in [0.1, 0.15) is 40.0 Å². The van der Waals surface area contributed by atoms with Crippen LogP contribution in [-0.4, -0.2) is 59.4 Å². The largest absolute Gasteiger partial charge is 0.444 e. The molecule has 0 aromatic heterocycles. The van der Waals surface area contributed by atoms with Crippen molar-refractivity contribution in [3.05, 3.63) is 12.2 Å². The Bertz CT molecular complexity index is 620. The second-order valence-electron chi connectivity index (χ2n) is 7.04. The predicted octanol–water partition coefficient (Wildman–Crippen LogP) is -0.423. The number of unbranched alkanes of at least 4 members (excludes halogenated alkanes) is 1. The van der Waals surface area contributed by atoms with Crippen LogP contribution in [0.3, 0.4) is 0 Å². The van der Waals surface area contributed by atoms with Crippen molar-refractivity contribution in [3.63, 3.8) is 0 Å². The van der Waals surface area contributed by atoms with Crippen molar-refractivity contribution >= 4 is 29.7 Å². The van der Waals surface area contributed by atoms with Gasteiger partial charge in [0.15, 0.2) is 0 Å². The molecule has 0 aliphatic carbocycles. The van der Waals surface area contributed by atoms with Gasteiger partial charge >= 0.3 is 6.09 Å². The lowest BCUT2D eigenvalue weighted by Gasteiger charge is -2.22. The van der Waals surface area contributed by atoms with Crippen LogP contribution < -0.4 is 16.4 Å². The van der Waals surface area contributed by atoms with E-state index in [4.69, 9.17) is 10.5 Å². The molecule has 0 bridgehead atoms. The van der Waals surface area contributed by atoms with E-state index in [-0.39, 0.29) is 13.0 Å². The minimum atomic E-state index is -0.874. The number of ether oxygens (including phenoxy) is 1. The third-order valence-electron chi connectivity index (χ3n) is 3.48. The Morgan fingerprint density at radius 3 is 2.26 bits per heavy atom. The summed E-state index contributed by atoms with van der Waals surface area (Å²) in [6.07, 6.45) is 2.80. The molecule has 1 aliphatic rings. The Hall–Kier alpha value is -2.91. The monoisotopic (exact) mass is 382 g/mol. The number of carbonyl (C=O) groups is 5. The van der Waals surface area contributed by atoms with Gasteiger partial charge in [0.05, 0.1) is 0 Å². The van der Waals surface area contributed by atoms with Crippen LogP contribution in [0.5, 0.6) is 0 Å². The van der Waals surface area contributed by atoms with E-state index in [0.29, 0.717) is 19.4 Å². The second kappa shape index (κ2) is 9.70. The number of imide groups is 1. The van der Waals surface area contributed by atoms with Gasteiger partial charge in [-0.15, -0.1) is 0 Å². The van der Waals surface area contributed by atoms with Gasteiger partial charge in [-0.25, -0.2) is 4.79 Å². The third-order valence-corrected chi connectivity index (χ3v) is 3.48. The Morgan fingerprint density at radius 1 is 1.15 bits per heavy atom. The van der Waals surface area contributed by atoms with E-state index < -0.39 is 41.4 Å². The standard InChI is InChI=1S/C17H26N4O6/c1-17(2,3)27-16(26)20-11(15(18)25)6-4-5-9-19-12(22)10-21-13(23)7-8-14(21)24/h7-8,11H,4-6,9-10H2,1-3H3,(H2,18,25)(H,19,22)(H,20,26). The molecule has 1 atom stereocenters. The maximum absolute atomic E-state index is 11.7. The first-order chi connectivity index (χ1) is 12.5. The molecule has 0 radical (unpaired) electrons. The van der Waals surface area contributed by atoms with E-state index in [2.05, 4.69) is 10.6 Å². The van der Waals surface area contributed by atoms with Crippen LogP contribution in [-0.2, 0) is 23.9 Å². The van der Waals surface area contributed by atoms with Crippen LogP contribution in [0.4, 0.5) is 4.79 Å². The lowest BCUT2D eigenvalue weighted by Crippen LogP contribution is -2.46. The fourth-order valence-corrected chi connectivity index (χ4v) is 2.22. The number of amides is 5. The maximum atomic E-state index is 11.7. The molecule has 150 valence electrons. The van der Waals surface area contributed by atoms with Gasteiger partial charge in [-0.1, -0.05) is 0 Å². The average Bonchev–Trinajstić information content (AvgIpc) is 2.83. The molecule has 27 heavy (non-hydrogen) atoms. The molecule has 1 aliphatic heterocycles. The van der Waals surface area contributed by atoms with Gasteiger partial charge in [0.2, 0.25) is 11.8 Å². The van der Waals surface area contributed by atoms with Crippen molar-refractivity contribution < 1.29 is 28.7 Å². The van der Waals surface area contributed by atoms with Crippen LogP contribution in [0, 0.1) is 0 Å². The predicted molar refractivity (Wildman–Crippen MR) is 95.1 cm³/mol. The van der Waals surface area contributed by atoms with E-state index >= 15 is 0 Å². The highest BCUT2D eigenvalue weighted by molar-refractivity contribution is 6.14. The topological polar surface area (TPSA) is 148 Å². The molecule has 4 N–H and O–H groups in total. The zero-order chi connectivity index (χ0) is 20.6. The van der Waals surface area contributed by atoms with E-state index in [0.717, 1.165) is 17.1 Å². The summed E-state index contributed by atoms with van der Waals surface area (Å²) in [5.41, 5.74) is 4.58. The molecule has 10 heteroatoms. The van der Waals surface area contributed by atoms with Gasteiger partial charge in [-0.3, -0.25) is 24.1 Å². The Balaban J connectivity index is 2.27. The summed E-state index contributed by atoms with van der Waals surface area (Å²) in [6, 6.07) is -0.874. The Morgan fingerprint density at radius 2 is 1.74 bits per heavy atom. The van der Waals surface area contributed by atoms with Crippen molar-refractivity contribution in [2.24, 2.45) is 5.73 Å². The number of nitrogens with one attached hydrogen (secondary N) is 2. The van der Waals surface area contributed by atoms with Crippen molar-refractivity contribution in [1.82, 2.24) is 15.5 Å². The average molecular weight is 382 g/mol. The fraction of sp³-hybridized carbons (Fsp3) is 0.588. The second-order valence-corrected chi connectivity index (χ2v) is 7.04. The maximum Gasteiger partial charge on any atom is 0.408 e. The first-order valence-electron chi connectivity index (χ1n) is 8.58. The summed E-state index contributed by atoms with van der Waals surface area (Å²) in [7, 11) is 0. The van der Waals surface area contributed by atoms with Crippen LogP contribution in [0.25, 0.3) is 0 Å². The van der Waals surface area contributed by atoms with Crippen molar-refractivity contribution in [2.45, 2.75) is 51.7 Å². The van der Waals surface area contributed by atoms with E-state index in [1.54, 1.807) is 20.8 Å². The summed E-state index contributed by atoms with van der Waals surface area (Å²) in [5.74, 6) is -2.18. The number of nitrogens with zero attached hydrogens (tertiary/aromatic N) is 1. The van der Waals surface area contributed by atoms with E-state index in [1.807, 2.05) is 0 Å². The number of carbonyl (C=O) groups excluding carboxylic acids is 5. The Labute approximate surface area is 157 Å². The van der Waals surface area contributed by atoms with Crippen LogP contribution >= 0.6 is 0 Å². The zero-order valence-electron chi connectivity index (χ0n) is 15.7. The van der Waals surface area contributed by atoms with Gasteiger partial charge in [-0.05, 0) is 40.0 Å². The highest BCUT2D eigenvalue weighted by Gasteiger charge is 2.25. The molecule has 10 nitrogen and oxygen atoms in total. The third kappa shape index (κ3) is 8.34. The normalized spacial score (nSPS) is 14.9. The smallest absolute Gasteiger partial charge is 0.408 e.